The van der Waals surface area contributed by atoms with Gasteiger partial charge in [-0.05, 0) is 30.6 Å². The van der Waals surface area contributed by atoms with E-state index in [0.717, 1.165) is 19.3 Å². The van der Waals surface area contributed by atoms with E-state index in [9.17, 15) is 9.90 Å². The van der Waals surface area contributed by atoms with Gasteiger partial charge in [-0.1, -0.05) is 25.5 Å². The number of carbonyl (C=O) groups is 1. The van der Waals surface area contributed by atoms with Gasteiger partial charge in [-0.3, -0.25) is 4.79 Å². The summed E-state index contributed by atoms with van der Waals surface area (Å²) in [6.07, 6.45) is 7.37. The van der Waals surface area contributed by atoms with E-state index in [4.69, 9.17) is 4.74 Å². The molecule has 0 aromatic rings. The minimum absolute atomic E-state index is 0.228. The van der Waals surface area contributed by atoms with Crippen LogP contribution in [0.4, 0.5) is 0 Å². The molecule has 2 aliphatic carbocycles. The minimum atomic E-state index is -0.235. The first-order valence-electron chi connectivity index (χ1n) is 6.59. The van der Waals surface area contributed by atoms with Gasteiger partial charge in [0.2, 0.25) is 0 Å². The molecule has 2 aliphatic rings. The molecular weight excluding hydrogens is 216 g/mol. The zero-order valence-electron chi connectivity index (χ0n) is 10.6. The zero-order valence-corrected chi connectivity index (χ0v) is 10.6. The molecule has 0 saturated heterocycles. The third kappa shape index (κ3) is 2.71. The van der Waals surface area contributed by atoms with Crippen LogP contribution in [0.15, 0.2) is 12.2 Å². The molecule has 0 aromatic heterocycles. The van der Waals surface area contributed by atoms with E-state index in [2.05, 4.69) is 19.1 Å². The lowest BCUT2D eigenvalue weighted by atomic mass is 9.64. The van der Waals surface area contributed by atoms with Crippen LogP contribution in [0.3, 0.4) is 0 Å². The molecule has 3 heteroatoms. The average Bonchev–Trinajstić information content (AvgIpc) is 2.28. The van der Waals surface area contributed by atoms with Crippen molar-refractivity contribution in [2.75, 3.05) is 6.61 Å². The highest BCUT2D eigenvalue weighted by atomic mass is 16.5. The van der Waals surface area contributed by atoms with E-state index >= 15 is 0 Å². The topological polar surface area (TPSA) is 46.5 Å². The molecule has 0 aliphatic heterocycles. The summed E-state index contributed by atoms with van der Waals surface area (Å²) in [5.41, 5.74) is 0. The van der Waals surface area contributed by atoms with Crippen molar-refractivity contribution in [3.63, 3.8) is 0 Å². The maximum absolute atomic E-state index is 10.9. The molecule has 1 N–H and O–H groups in total. The summed E-state index contributed by atoms with van der Waals surface area (Å²) in [6, 6.07) is 0. The van der Waals surface area contributed by atoms with Gasteiger partial charge in [0.1, 0.15) is 0 Å². The van der Waals surface area contributed by atoms with Crippen LogP contribution >= 0.6 is 0 Å². The average molecular weight is 238 g/mol. The van der Waals surface area contributed by atoms with Crippen molar-refractivity contribution in [2.24, 2.45) is 23.7 Å². The van der Waals surface area contributed by atoms with Crippen LogP contribution in [0, 0.1) is 23.7 Å². The molecule has 5 atom stereocenters. The second-order valence-corrected chi connectivity index (χ2v) is 5.45. The van der Waals surface area contributed by atoms with Gasteiger partial charge < -0.3 is 9.84 Å². The van der Waals surface area contributed by atoms with Crippen molar-refractivity contribution in [3.05, 3.63) is 12.2 Å². The maximum atomic E-state index is 10.9. The van der Waals surface area contributed by atoms with E-state index in [1.54, 1.807) is 0 Å². The monoisotopic (exact) mass is 238 g/mol. The zero-order chi connectivity index (χ0) is 12.4. The Morgan fingerprint density at radius 2 is 2.18 bits per heavy atom. The number of allylic oxidation sites excluding steroid dienone is 2. The number of aliphatic hydroxyl groups excluding tert-OH is 1. The first-order valence-corrected chi connectivity index (χ1v) is 6.59. The molecule has 0 radical (unpaired) electrons. The fourth-order valence-corrected chi connectivity index (χ4v) is 3.35. The summed E-state index contributed by atoms with van der Waals surface area (Å²) < 4.78 is 5.17. The fraction of sp³-hybridized carbons (Fsp3) is 0.786. The number of rotatable bonds is 2. The standard InChI is InChI=1S/C14H22O3/c1-9-6-7-11-4-3-5-13(16)14(11)12(9)8-17-10(2)15/h6-7,9,11-14,16H,3-5,8H2,1-2H3/t9-,11+,12+,13-,14-/m0/s1. The van der Waals surface area contributed by atoms with Crippen LogP contribution in [0.5, 0.6) is 0 Å². The number of carbonyl (C=O) groups excluding carboxylic acids is 1. The third-order valence-electron chi connectivity index (χ3n) is 4.29. The van der Waals surface area contributed by atoms with E-state index < -0.39 is 0 Å². The number of aliphatic hydroxyl groups is 1. The maximum Gasteiger partial charge on any atom is 0.302 e. The van der Waals surface area contributed by atoms with Crippen LogP contribution in [0.1, 0.15) is 33.1 Å². The van der Waals surface area contributed by atoms with Crippen molar-refractivity contribution in [2.45, 2.75) is 39.2 Å². The Kier molecular flexibility index (Phi) is 3.87. The van der Waals surface area contributed by atoms with E-state index in [1.165, 1.54) is 6.92 Å². The second kappa shape index (κ2) is 5.21. The van der Waals surface area contributed by atoms with Gasteiger partial charge in [0.15, 0.2) is 0 Å². The summed E-state index contributed by atoms with van der Waals surface area (Å²) in [5, 5.41) is 10.2. The van der Waals surface area contributed by atoms with Crippen molar-refractivity contribution in [1.29, 1.82) is 0 Å². The molecule has 17 heavy (non-hydrogen) atoms. The molecular formula is C14H22O3. The van der Waals surface area contributed by atoms with Gasteiger partial charge in [-0.2, -0.15) is 0 Å². The SMILES string of the molecule is CC(=O)OC[C@H]1[C@H]2[C@@H](O)CCC[C@@H]2C=C[C@@H]1C. The predicted molar refractivity (Wildman–Crippen MR) is 65.3 cm³/mol. The lowest BCUT2D eigenvalue weighted by Gasteiger charge is -2.43. The Labute approximate surface area is 103 Å². The summed E-state index contributed by atoms with van der Waals surface area (Å²) >= 11 is 0. The largest absolute Gasteiger partial charge is 0.466 e. The van der Waals surface area contributed by atoms with Crippen LogP contribution in [-0.2, 0) is 9.53 Å². The highest BCUT2D eigenvalue weighted by Gasteiger charge is 2.41. The molecule has 3 nitrogen and oxygen atoms in total. The number of ether oxygens (including phenoxy) is 1. The molecule has 2 rings (SSSR count). The molecule has 0 bridgehead atoms. The molecule has 1 saturated carbocycles. The third-order valence-corrected chi connectivity index (χ3v) is 4.29. The lowest BCUT2D eigenvalue weighted by molar-refractivity contribution is -0.145. The Morgan fingerprint density at radius 3 is 2.88 bits per heavy atom. The van der Waals surface area contributed by atoms with Crippen molar-refractivity contribution < 1.29 is 14.6 Å². The van der Waals surface area contributed by atoms with E-state index in [1.807, 2.05) is 0 Å². The number of fused-ring (bicyclic) bond motifs is 1. The Hall–Kier alpha value is -0.830. The number of hydrogen-bond donors (Lipinski definition) is 1. The molecule has 0 unspecified atom stereocenters. The molecule has 0 aromatic carbocycles. The summed E-state index contributed by atoms with van der Waals surface area (Å²) in [5.74, 6) is 1.15. The summed E-state index contributed by atoms with van der Waals surface area (Å²) in [4.78, 5) is 10.9. The summed E-state index contributed by atoms with van der Waals surface area (Å²) in [7, 11) is 0. The predicted octanol–water partition coefficient (Wildman–Crippen LogP) is 2.15. The highest BCUT2D eigenvalue weighted by Crippen LogP contribution is 2.43. The molecule has 96 valence electrons. The quantitative estimate of drug-likeness (QED) is 0.592. The van der Waals surface area contributed by atoms with Crippen molar-refractivity contribution in [1.82, 2.24) is 0 Å². The molecule has 0 amide bonds. The first kappa shape index (κ1) is 12.6. The van der Waals surface area contributed by atoms with Gasteiger partial charge in [-0.25, -0.2) is 0 Å². The lowest BCUT2D eigenvalue weighted by Crippen LogP contribution is -2.43. The normalized spacial score (nSPS) is 40.8. The van der Waals surface area contributed by atoms with Gasteiger partial charge in [-0.15, -0.1) is 0 Å². The molecule has 1 fully saturated rings. The summed E-state index contributed by atoms with van der Waals surface area (Å²) in [6.45, 7) is 4.03. The van der Waals surface area contributed by atoms with E-state index in [-0.39, 0.29) is 23.9 Å². The highest BCUT2D eigenvalue weighted by molar-refractivity contribution is 5.65. The van der Waals surface area contributed by atoms with Crippen LogP contribution < -0.4 is 0 Å². The van der Waals surface area contributed by atoms with Gasteiger partial charge in [0.25, 0.3) is 0 Å². The number of esters is 1. The fourth-order valence-electron chi connectivity index (χ4n) is 3.35. The molecule has 0 heterocycles. The minimum Gasteiger partial charge on any atom is -0.466 e. The van der Waals surface area contributed by atoms with Gasteiger partial charge >= 0.3 is 5.97 Å². The smallest absolute Gasteiger partial charge is 0.302 e. The van der Waals surface area contributed by atoms with Gasteiger partial charge in [0.05, 0.1) is 12.7 Å². The number of hydrogen-bond acceptors (Lipinski definition) is 3. The molecule has 0 spiro atoms. The van der Waals surface area contributed by atoms with Crippen LogP contribution in [0.2, 0.25) is 0 Å². The van der Waals surface area contributed by atoms with Crippen LogP contribution in [0.25, 0.3) is 0 Å². The van der Waals surface area contributed by atoms with Gasteiger partial charge in [0, 0.05) is 12.8 Å². The Morgan fingerprint density at radius 1 is 1.41 bits per heavy atom. The first-order chi connectivity index (χ1) is 8.09. The Bertz CT molecular complexity index is 311. The Balaban J connectivity index is 2.10. The van der Waals surface area contributed by atoms with E-state index in [0.29, 0.717) is 18.4 Å². The van der Waals surface area contributed by atoms with Crippen LogP contribution in [-0.4, -0.2) is 23.8 Å². The van der Waals surface area contributed by atoms with Crippen molar-refractivity contribution in [3.8, 4) is 0 Å². The van der Waals surface area contributed by atoms with Crippen molar-refractivity contribution >= 4 is 5.97 Å². The second-order valence-electron chi connectivity index (χ2n) is 5.45.